The first-order chi connectivity index (χ1) is 10.4. The van der Waals surface area contributed by atoms with Crippen molar-refractivity contribution in [2.24, 2.45) is 0 Å². The average molecular weight is 292 g/mol. The van der Waals surface area contributed by atoms with Crippen LogP contribution >= 0.6 is 0 Å². The van der Waals surface area contributed by atoms with E-state index in [0.29, 0.717) is 5.88 Å². The maximum absolute atomic E-state index is 5.65. The van der Waals surface area contributed by atoms with Crippen LogP contribution in [0.2, 0.25) is 0 Å². The Kier molecular flexibility index (Phi) is 7.29. The van der Waals surface area contributed by atoms with Crippen molar-refractivity contribution < 1.29 is 4.74 Å². The molecule has 5 nitrogen and oxygen atoms in total. The minimum Gasteiger partial charge on any atom is -0.477 e. The third kappa shape index (κ3) is 5.87. The van der Waals surface area contributed by atoms with Crippen molar-refractivity contribution in [1.29, 1.82) is 0 Å². The van der Waals surface area contributed by atoms with Crippen molar-refractivity contribution in [3.63, 3.8) is 0 Å². The molecule has 0 unspecified atom stereocenters. The molecule has 0 saturated carbocycles. The molecule has 1 aromatic rings. The van der Waals surface area contributed by atoms with Crippen molar-refractivity contribution in [1.82, 2.24) is 15.5 Å². The summed E-state index contributed by atoms with van der Waals surface area (Å²) in [7, 11) is 0. The van der Waals surface area contributed by atoms with Crippen LogP contribution in [0.15, 0.2) is 12.1 Å². The molecule has 21 heavy (non-hydrogen) atoms. The SMILES string of the molecule is CCCCCCCCOc1ccc(N2CCNCC2)nn1. The van der Waals surface area contributed by atoms with E-state index in [-0.39, 0.29) is 0 Å². The Labute approximate surface area is 128 Å². The number of nitrogens with one attached hydrogen (secondary N) is 1. The van der Waals surface area contributed by atoms with Gasteiger partial charge in [-0.3, -0.25) is 0 Å². The Hall–Kier alpha value is -1.36. The Morgan fingerprint density at radius 3 is 2.52 bits per heavy atom. The van der Waals surface area contributed by atoms with Gasteiger partial charge >= 0.3 is 0 Å². The summed E-state index contributed by atoms with van der Waals surface area (Å²) in [6.07, 6.45) is 7.64. The molecule has 0 aliphatic carbocycles. The summed E-state index contributed by atoms with van der Waals surface area (Å²) in [5.41, 5.74) is 0. The highest BCUT2D eigenvalue weighted by Gasteiger charge is 2.11. The normalized spacial score (nSPS) is 15.2. The average Bonchev–Trinajstić information content (AvgIpc) is 2.55. The third-order valence-electron chi connectivity index (χ3n) is 3.81. The smallest absolute Gasteiger partial charge is 0.233 e. The summed E-state index contributed by atoms with van der Waals surface area (Å²) in [4.78, 5) is 2.25. The minimum absolute atomic E-state index is 0.641. The summed E-state index contributed by atoms with van der Waals surface area (Å²) in [5, 5.41) is 11.8. The van der Waals surface area contributed by atoms with Crippen LogP contribution in [0.3, 0.4) is 0 Å². The molecule has 0 spiro atoms. The number of rotatable bonds is 9. The Morgan fingerprint density at radius 2 is 1.81 bits per heavy atom. The monoisotopic (exact) mass is 292 g/mol. The second-order valence-electron chi connectivity index (χ2n) is 5.58. The van der Waals surface area contributed by atoms with Gasteiger partial charge in [0.05, 0.1) is 6.61 Å². The van der Waals surface area contributed by atoms with E-state index >= 15 is 0 Å². The van der Waals surface area contributed by atoms with Crippen LogP contribution < -0.4 is 15.0 Å². The van der Waals surface area contributed by atoms with Gasteiger partial charge in [-0.05, 0) is 12.5 Å². The van der Waals surface area contributed by atoms with Gasteiger partial charge in [0.1, 0.15) is 0 Å². The van der Waals surface area contributed by atoms with Crippen molar-refractivity contribution in [3.8, 4) is 5.88 Å². The number of hydrogen-bond acceptors (Lipinski definition) is 5. The summed E-state index contributed by atoms with van der Waals surface area (Å²) in [5.74, 6) is 1.59. The van der Waals surface area contributed by atoms with Crippen LogP contribution in [0.4, 0.5) is 5.82 Å². The summed E-state index contributed by atoms with van der Waals surface area (Å²) in [6.45, 7) is 6.99. The van der Waals surface area contributed by atoms with E-state index in [4.69, 9.17) is 4.74 Å². The molecular weight excluding hydrogens is 264 g/mol. The van der Waals surface area contributed by atoms with E-state index in [1.165, 1.54) is 32.1 Å². The van der Waals surface area contributed by atoms with Crippen molar-refractivity contribution in [2.75, 3.05) is 37.7 Å². The summed E-state index contributed by atoms with van der Waals surface area (Å²) >= 11 is 0. The lowest BCUT2D eigenvalue weighted by atomic mass is 10.1. The molecular formula is C16H28N4O. The van der Waals surface area contributed by atoms with Crippen LogP contribution in [-0.2, 0) is 0 Å². The number of ether oxygens (including phenoxy) is 1. The zero-order chi connectivity index (χ0) is 14.8. The van der Waals surface area contributed by atoms with Crippen molar-refractivity contribution in [2.45, 2.75) is 45.4 Å². The zero-order valence-corrected chi connectivity index (χ0v) is 13.2. The largest absolute Gasteiger partial charge is 0.477 e. The van der Waals surface area contributed by atoms with Crippen LogP contribution in [0.25, 0.3) is 0 Å². The van der Waals surface area contributed by atoms with Gasteiger partial charge in [0.15, 0.2) is 5.82 Å². The minimum atomic E-state index is 0.641. The van der Waals surface area contributed by atoms with Gasteiger partial charge in [-0.15, -0.1) is 10.2 Å². The van der Waals surface area contributed by atoms with E-state index in [1.54, 1.807) is 0 Å². The first kappa shape index (κ1) is 16.0. The molecule has 0 aromatic carbocycles. The number of aromatic nitrogens is 2. The standard InChI is InChI=1S/C16H28N4O/c1-2-3-4-5-6-7-14-21-16-9-8-15(18-19-16)20-12-10-17-11-13-20/h8-9,17H,2-7,10-14H2,1H3. The molecule has 118 valence electrons. The Bertz CT molecular complexity index is 376. The predicted octanol–water partition coefficient (Wildman–Crippen LogP) is 2.63. The zero-order valence-electron chi connectivity index (χ0n) is 13.2. The van der Waals surface area contributed by atoms with Gasteiger partial charge in [0.2, 0.25) is 5.88 Å². The molecule has 2 heterocycles. The quantitative estimate of drug-likeness (QED) is 0.709. The van der Waals surface area contributed by atoms with E-state index < -0.39 is 0 Å². The molecule has 1 fully saturated rings. The highest BCUT2D eigenvalue weighted by molar-refractivity contribution is 5.38. The van der Waals surface area contributed by atoms with Gasteiger partial charge in [-0.25, -0.2) is 0 Å². The van der Waals surface area contributed by atoms with E-state index in [0.717, 1.165) is 45.0 Å². The van der Waals surface area contributed by atoms with Gasteiger partial charge < -0.3 is 15.0 Å². The van der Waals surface area contributed by atoms with E-state index in [2.05, 4.69) is 27.3 Å². The highest BCUT2D eigenvalue weighted by atomic mass is 16.5. The van der Waals surface area contributed by atoms with Crippen molar-refractivity contribution >= 4 is 5.82 Å². The van der Waals surface area contributed by atoms with E-state index in [9.17, 15) is 0 Å². The predicted molar refractivity (Wildman–Crippen MR) is 86.0 cm³/mol. The van der Waals surface area contributed by atoms with Gasteiger partial charge in [-0.1, -0.05) is 39.0 Å². The first-order valence-corrected chi connectivity index (χ1v) is 8.32. The molecule has 2 rings (SSSR count). The highest BCUT2D eigenvalue weighted by Crippen LogP contribution is 2.14. The number of unbranched alkanes of at least 4 members (excludes halogenated alkanes) is 5. The molecule has 1 N–H and O–H groups in total. The molecule has 1 aromatic heterocycles. The molecule has 0 atom stereocenters. The molecule has 0 amide bonds. The lowest BCUT2D eigenvalue weighted by Crippen LogP contribution is -2.43. The first-order valence-electron chi connectivity index (χ1n) is 8.32. The van der Waals surface area contributed by atoms with Crippen LogP contribution in [0, 0.1) is 0 Å². The molecule has 1 aliphatic heterocycles. The number of anilines is 1. The van der Waals surface area contributed by atoms with Crippen molar-refractivity contribution in [3.05, 3.63) is 12.1 Å². The van der Waals surface area contributed by atoms with Gasteiger partial charge in [0.25, 0.3) is 0 Å². The van der Waals surface area contributed by atoms with Crippen LogP contribution in [-0.4, -0.2) is 43.0 Å². The third-order valence-corrected chi connectivity index (χ3v) is 3.81. The summed E-state index contributed by atoms with van der Waals surface area (Å²) in [6, 6.07) is 3.94. The fourth-order valence-electron chi connectivity index (χ4n) is 2.51. The molecule has 1 aliphatic rings. The van der Waals surface area contributed by atoms with E-state index in [1.807, 2.05) is 12.1 Å². The molecule has 5 heteroatoms. The fourth-order valence-corrected chi connectivity index (χ4v) is 2.51. The maximum atomic E-state index is 5.65. The molecule has 0 radical (unpaired) electrons. The molecule has 1 saturated heterocycles. The Morgan fingerprint density at radius 1 is 1.05 bits per heavy atom. The number of hydrogen-bond donors (Lipinski definition) is 1. The number of piperazine rings is 1. The lowest BCUT2D eigenvalue weighted by Gasteiger charge is -2.27. The van der Waals surface area contributed by atoms with Gasteiger partial charge in [-0.2, -0.15) is 0 Å². The van der Waals surface area contributed by atoms with Crippen LogP contribution in [0.5, 0.6) is 5.88 Å². The second kappa shape index (κ2) is 9.55. The topological polar surface area (TPSA) is 50.3 Å². The summed E-state index contributed by atoms with van der Waals surface area (Å²) < 4.78 is 5.65. The lowest BCUT2D eigenvalue weighted by molar-refractivity contribution is 0.290. The van der Waals surface area contributed by atoms with Gasteiger partial charge in [0, 0.05) is 32.2 Å². The second-order valence-corrected chi connectivity index (χ2v) is 5.58. The maximum Gasteiger partial charge on any atom is 0.233 e. The number of nitrogens with zero attached hydrogens (tertiary/aromatic N) is 3. The van der Waals surface area contributed by atoms with Crippen LogP contribution in [0.1, 0.15) is 45.4 Å². The fraction of sp³-hybridized carbons (Fsp3) is 0.750. The Balaban J connectivity index is 1.63. The molecule has 0 bridgehead atoms.